The maximum atomic E-state index is 4.17. The number of likely N-dealkylation sites (tertiary alicyclic amines) is 1. The molecule has 0 radical (unpaired) electrons. The first-order valence-electron chi connectivity index (χ1n) is 6.18. The molecule has 88 valence electrons. The summed E-state index contributed by atoms with van der Waals surface area (Å²) in [5.74, 6) is 0. The first kappa shape index (κ1) is 10.5. The number of nitrogens with one attached hydrogen (secondary N) is 1. The van der Waals surface area contributed by atoms with Crippen molar-refractivity contribution in [2.75, 3.05) is 18.4 Å². The maximum Gasteiger partial charge on any atom is 0.205 e. The second-order valence-corrected chi connectivity index (χ2v) is 5.77. The van der Waals surface area contributed by atoms with Crippen LogP contribution in [0.3, 0.4) is 0 Å². The summed E-state index contributed by atoms with van der Waals surface area (Å²) in [5.41, 5.74) is 0. The number of aromatic nitrogens is 2. The van der Waals surface area contributed by atoms with E-state index in [9.17, 15) is 0 Å². The predicted octanol–water partition coefficient (Wildman–Crippen LogP) is 1.75. The summed E-state index contributed by atoms with van der Waals surface area (Å²) in [6, 6.07) is 1.48. The van der Waals surface area contributed by atoms with Gasteiger partial charge in [-0.25, -0.2) is 0 Å². The zero-order valence-corrected chi connectivity index (χ0v) is 10.5. The van der Waals surface area contributed by atoms with Gasteiger partial charge in [-0.1, -0.05) is 18.3 Å². The quantitative estimate of drug-likeness (QED) is 0.867. The molecule has 1 saturated heterocycles. The third-order valence-corrected chi connectivity index (χ3v) is 4.38. The molecule has 0 amide bonds. The van der Waals surface area contributed by atoms with Crippen molar-refractivity contribution in [3.05, 3.63) is 5.01 Å². The minimum Gasteiger partial charge on any atom is -0.356 e. The standard InChI is InChI=1S/C11H18N4S/c1-2-10-13-14-11(16-10)12-8-5-6-15(7-8)9-3-4-9/h8-9H,2-7H2,1H3,(H,12,14). The van der Waals surface area contributed by atoms with Crippen molar-refractivity contribution in [3.63, 3.8) is 0 Å². The van der Waals surface area contributed by atoms with Crippen LogP contribution in [0.15, 0.2) is 0 Å². The largest absolute Gasteiger partial charge is 0.356 e. The lowest BCUT2D eigenvalue weighted by molar-refractivity contribution is 0.326. The molecular weight excluding hydrogens is 220 g/mol. The Bertz CT molecular complexity index is 361. The average Bonchev–Trinajstić information content (AvgIpc) is 2.88. The fourth-order valence-corrected chi connectivity index (χ4v) is 3.06. The van der Waals surface area contributed by atoms with E-state index >= 15 is 0 Å². The van der Waals surface area contributed by atoms with E-state index in [2.05, 4.69) is 27.3 Å². The van der Waals surface area contributed by atoms with Gasteiger partial charge >= 0.3 is 0 Å². The van der Waals surface area contributed by atoms with Crippen molar-refractivity contribution in [2.24, 2.45) is 0 Å². The molecule has 0 aromatic carbocycles. The SMILES string of the molecule is CCc1nnc(NC2CCN(C3CC3)C2)s1. The molecule has 1 N–H and O–H groups in total. The molecule has 1 atom stereocenters. The van der Waals surface area contributed by atoms with Crippen LogP contribution < -0.4 is 5.32 Å². The predicted molar refractivity (Wildman–Crippen MR) is 65.9 cm³/mol. The Morgan fingerprint density at radius 1 is 1.38 bits per heavy atom. The van der Waals surface area contributed by atoms with E-state index < -0.39 is 0 Å². The Kier molecular flexibility index (Phi) is 2.81. The Morgan fingerprint density at radius 2 is 2.25 bits per heavy atom. The molecule has 3 rings (SSSR count). The van der Waals surface area contributed by atoms with Crippen molar-refractivity contribution in [3.8, 4) is 0 Å². The molecule has 1 aliphatic heterocycles. The summed E-state index contributed by atoms with van der Waals surface area (Å²) in [6.45, 7) is 4.56. The molecule has 1 aliphatic carbocycles. The fourth-order valence-electron chi connectivity index (χ4n) is 2.31. The van der Waals surface area contributed by atoms with Crippen LogP contribution in [0.4, 0.5) is 5.13 Å². The fraction of sp³-hybridized carbons (Fsp3) is 0.818. The highest BCUT2D eigenvalue weighted by atomic mass is 32.1. The molecule has 2 aliphatic rings. The van der Waals surface area contributed by atoms with Gasteiger partial charge in [-0.3, -0.25) is 4.90 Å². The van der Waals surface area contributed by atoms with E-state index in [-0.39, 0.29) is 0 Å². The summed E-state index contributed by atoms with van der Waals surface area (Å²) in [6.07, 6.45) is 5.05. The van der Waals surface area contributed by atoms with Crippen LogP contribution in [-0.2, 0) is 6.42 Å². The summed E-state index contributed by atoms with van der Waals surface area (Å²) in [5, 5.41) is 13.9. The molecule has 0 bridgehead atoms. The molecule has 4 nitrogen and oxygen atoms in total. The molecule has 0 spiro atoms. The lowest BCUT2D eigenvalue weighted by atomic mass is 10.3. The molecule has 16 heavy (non-hydrogen) atoms. The topological polar surface area (TPSA) is 41.1 Å². The number of hydrogen-bond donors (Lipinski definition) is 1. The zero-order valence-electron chi connectivity index (χ0n) is 9.65. The van der Waals surface area contributed by atoms with Gasteiger partial charge < -0.3 is 5.32 Å². The molecule has 5 heteroatoms. The highest BCUT2D eigenvalue weighted by Gasteiger charge is 2.34. The minimum absolute atomic E-state index is 0.582. The van der Waals surface area contributed by atoms with Gasteiger partial charge in [-0.15, -0.1) is 10.2 Å². The van der Waals surface area contributed by atoms with Crippen LogP contribution in [-0.4, -0.2) is 40.3 Å². The van der Waals surface area contributed by atoms with Gasteiger partial charge in [0.2, 0.25) is 5.13 Å². The Balaban J connectivity index is 1.54. The van der Waals surface area contributed by atoms with E-state index in [0.29, 0.717) is 6.04 Å². The zero-order chi connectivity index (χ0) is 11.0. The van der Waals surface area contributed by atoms with Crippen molar-refractivity contribution < 1.29 is 0 Å². The molecule has 2 fully saturated rings. The smallest absolute Gasteiger partial charge is 0.205 e. The number of anilines is 1. The van der Waals surface area contributed by atoms with E-state index in [1.54, 1.807) is 11.3 Å². The van der Waals surface area contributed by atoms with E-state index in [1.807, 2.05) is 0 Å². The summed E-state index contributed by atoms with van der Waals surface area (Å²) in [4.78, 5) is 2.61. The van der Waals surface area contributed by atoms with Gasteiger partial charge in [0.25, 0.3) is 0 Å². The number of hydrogen-bond acceptors (Lipinski definition) is 5. The van der Waals surface area contributed by atoms with Crippen molar-refractivity contribution in [2.45, 2.75) is 44.7 Å². The Hall–Kier alpha value is -0.680. The van der Waals surface area contributed by atoms with Gasteiger partial charge in [0.05, 0.1) is 0 Å². The maximum absolute atomic E-state index is 4.17. The molecule has 1 saturated carbocycles. The summed E-state index contributed by atoms with van der Waals surface area (Å²) in [7, 11) is 0. The minimum atomic E-state index is 0.582. The van der Waals surface area contributed by atoms with Crippen LogP contribution in [0, 0.1) is 0 Å². The Morgan fingerprint density at radius 3 is 2.94 bits per heavy atom. The van der Waals surface area contributed by atoms with Gasteiger partial charge in [0.15, 0.2) is 0 Å². The van der Waals surface area contributed by atoms with Crippen LogP contribution in [0.25, 0.3) is 0 Å². The highest BCUT2D eigenvalue weighted by molar-refractivity contribution is 7.15. The van der Waals surface area contributed by atoms with Crippen molar-refractivity contribution in [1.82, 2.24) is 15.1 Å². The van der Waals surface area contributed by atoms with Gasteiger partial charge in [-0.05, 0) is 25.7 Å². The molecule has 1 aromatic rings. The van der Waals surface area contributed by atoms with Gasteiger partial charge in [0.1, 0.15) is 5.01 Å². The number of aryl methyl sites for hydroxylation is 1. The van der Waals surface area contributed by atoms with Crippen LogP contribution in [0.1, 0.15) is 31.2 Å². The molecule has 1 aromatic heterocycles. The van der Waals surface area contributed by atoms with Crippen molar-refractivity contribution >= 4 is 16.5 Å². The van der Waals surface area contributed by atoms with E-state index in [0.717, 1.165) is 22.6 Å². The van der Waals surface area contributed by atoms with Gasteiger partial charge in [-0.2, -0.15) is 0 Å². The third kappa shape index (κ3) is 2.20. The second kappa shape index (κ2) is 4.30. The summed E-state index contributed by atoms with van der Waals surface area (Å²) >= 11 is 1.69. The van der Waals surface area contributed by atoms with Crippen LogP contribution in [0.5, 0.6) is 0 Å². The third-order valence-electron chi connectivity index (χ3n) is 3.38. The molecule has 1 unspecified atom stereocenters. The van der Waals surface area contributed by atoms with Crippen LogP contribution in [0.2, 0.25) is 0 Å². The van der Waals surface area contributed by atoms with E-state index in [4.69, 9.17) is 0 Å². The lowest BCUT2D eigenvalue weighted by Gasteiger charge is -2.14. The van der Waals surface area contributed by atoms with Crippen molar-refractivity contribution in [1.29, 1.82) is 0 Å². The monoisotopic (exact) mass is 238 g/mol. The number of nitrogens with zero attached hydrogens (tertiary/aromatic N) is 3. The second-order valence-electron chi connectivity index (χ2n) is 4.71. The lowest BCUT2D eigenvalue weighted by Crippen LogP contribution is -2.27. The van der Waals surface area contributed by atoms with E-state index in [1.165, 1.54) is 32.4 Å². The Labute approximate surface area is 100 Å². The molecular formula is C11H18N4S. The molecule has 2 heterocycles. The van der Waals surface area contributed by atoms with Crippen LogP contribution >= 0.6 is 11.3 Å². The average molecular weight is 238 g/mol. The normalized spacial score (nSPS) is 26.2. The van der Waals surface area contributed by atoms with Gasteiger partial charge in [0, 0.05) is 25.2 Å². The number of rotatable bonds is 4. The first-order chi connectivity index (χ1) is 7.85. The highest BCUT2D eigenvalue weighted by Crippen LogP contribution is 2.30. The summed E-state index contributed by atoms with van der Waals surface area (Å²) < 4.78 is 0. The first-order valence-corrected chi connectivity index (χ1v) is 6.99.